The van der Waals surface area contributed by atoms with E-state index < -0.39 is 0 Å². The van der Waals surface area contributed by atoms with Crippen LogP contribution in [0.3, 0.4) is 0 Å². The SMILES string of the molecule is COc1ccc(CNc2cc(Cl)ccc2OC)c(OC)c1. The molecule has 0 unspecified atom stereocenters. The first-order chi connectivity index (χ1) is 10.2. The second-order valence-electron chi connectivity index (χ2n) is 4.38. The van der Waals surface area contributed by atoms with Crippen LogP contribution in [0.15, 0.2) is 36.4 Å². The van der Waals surface area contributed by atoms with Gasteiger partial charge in [0.2, 0.25) is 0 Å². The highest BCUT2D eigenvalue weighted by molar-refractivity contribution is 6.30. The van der Waals surface area contributed by atoms with Gasteiger partial charge >= 0.3 is 0 Å². The van der Waals surface area contributed by atoms with E-state index in [4.69, 9.17) is 25.8 Å². The average molecular weight is 308 g/mol. The number of ether oxygens (including phenoxy) is 3. The van der Waals surface area contributed by atoms with Gasteiger partial charge in [0.15, 0.2) is 0 Å². The summed E-state index contributed by atoms with van der Waals surface area (Å²) in [6, 6.07) is 11.2. The Hall–Kier alpha value is -2.07. The zero-order chi connectivity index (χ0) is 15.2. The molecule has 21 heavy (non-hydrogen) atoms. The van der Waals surface area contributed by atoms with Crippen molar-refractivity contribution >= 4 is 17.3 Å². The molecule has 0 aromatic heterocycles. The molecule has 0 aliphatic heterocycles. The minimum atomic E-state index is 0.587. The molecule has 4 nitrogen and oxygen atoms in total. The van der Waals surface area contributed by atoms with Crippen LogP contribution in [0, 0.1) is 0 Å². The van der Waals surface area contributed by atoms with E-state index in [1.807, 2.05) is 30.3 Å². The third-order valence-corrected chi connectivity index (χ3v) is 3.36. The van der Waals surface area contributed by atoms with Crippen LogP contribution in [0.5, 0.6) is 17.2 Å². The summed E-state index contributed by atoms with van der Waals surface area (Å²) in [6.45, 7) is 0.587. The molecule has 0 radical (unpaired) electrons. The van der Waals surface area contributed by atoms with Crippen LogP contribution in [-0.2, 0) is 6.54 Å². The van der Waals surface area contributed by atoms with E-state index >= 15 is 0 Å². The number of hydrogen-bond donors (Lipinski definition) is 1. The molecule has 0 aliphatic carbocycles. The van der Waals surface area contributed by atoms with Gasteiger partial charge in [0.25, 0.3) is 0 Å². The quantitative estimate of drug-likeness (QED) is 0.876. The number of halogens is 1. The topological polar surface area (TPSA) is 39.7 Å². The summed E-state index contributed by atoms with van der Waals surface area (Å²) >= 11 is 6.02. The van der Waals surface area contributed by atoms with E-state index in [2.05, 4.69) is 5.32 Å². The predicted octanol–water partition coefficient (Wildman–Crippen LogP) is 3.98. The Balaban J connectivity index is 2.18. The lowest BCUT2D eigenvalue weighted by Crippen LogP contribution is -2.03. The smallest absolute Gasteiger partial charge is 0.142 e. The summed E-state index contributed by atoms with van der Waals surface area (Å²) in [5, 5.41) is 3.96. The molecular formula is C16H18ClNO3. The van der Waals surface area contributed by atoms with E-state index in [9.17, 15) is 0 Å². The predicted molar refractivity (Wildman–Crippen MR) is 84.9 cm³/mol. The van der Waals surface area contributed by atoms with Crippen LogP contribution in [-0.4, -0.2) is 21.3 Å². The molecule has 0 saturated carbocycles. The Bertz CT molecular complexity index is 616. The highest BCUT2D eigenvalue weighted by Gasteiger charge is 2.07. The van der Waals surface area contributed by atoms with Gasteiger partial charge in [-0.1, -0.05) is 11.6 Å². The van der Waals surface area contributed by atoms with Crippen LogP contribution in [0.25, 0.3) is 0 Å². The van der Waals surface area contributed by atoms with Crippen LogP contribution < -0.4 is 19.5 Å². The first-order valence-electron chi connectivity index (χ1n) is 6.46. The molecule has 0 fully saturated rings. The molecule has 0 saturated heterocycles. The molecule has 2 aromatic rings. The first-order valence-corrected chi connectivity index (χ1v) is 6.84. The minimum Gasteiger partial charge on any atom is -0.497 e. The van der Waals surface area contributed by atoms with Crippen LogP contribution in [0.1, 0.15) is 5.56 Å². The van der Waals surface area contributed by atoms with Gasteiger partial charge in [-0.25, -0.2) is 0 Å². The lowest BCUT2D eigenvalue weighted by Gasteiger charge is -2.14. The number of anilines is 1. The maximum absolute atomic E-state index is 6.02. The van der Waals surface area contributed by atoms with Crippen molar-refractivity contribution in [1.29, 1.82) is 0 Å². The molecule has 1 N–H and O–H groups in total. The Morgan fingerprint density at radius 1 is 0.905 bits per heavy atom. The largest absolute Gasteiger partial charge is 0.497 e. The van der Waals surface area contributed by atoms with Gasteiger partial charge in [-0.3, -0.25) is 0 Å². The van der Waals surface area contributed by atoms with Crippen molar-refractivity contribution in [3.63, 3.8) is 0 Å². The van der Waals surface area contributed by atoms with Gasteiger partial charge in [-0.2, -0.15) is 0 Å². The third kappa shape index (κ3) is 3.73. The Kier molecular flexibility index (Phi) is 5.17. The maximum Gasteiger partial charge on any atom is 0.142 e. The second kappa shape index (κ2) is 7.09. The summed E-state index contributed by atoms with van der Waals surface area (Å²) in [5.41, 5.74) is 1.85. The lowest BCUT2D eigenvalue weighted by molar-refractivity contribution is 0.391. The molecule has 5 heteroatoms. The number of methoxy groups -OCH3 is 3. The fraction of sp³-hybridized carbons (Fsp3) is 0.250. The van der Waals surface area contributed by atoms with Crippen molar-refractivity contribution in [3.8, 4) is 17.2 Å². The van der Waals surface area contributed by atoms with Gasteiger partial charge in [-0.15, -0.1) is 0 Å². The van der Waals surface area contributed by atoms with Crippen LogP contribution in [0.4, 0.5) is 5.69 Å². The normalized spacial score (nSPS) is 10.1. The van der Waals surface area contributed by atoms with E-state index in [0.29, 0.717) is 11.6 Å². The lowest BCUT2D eigenvalue weighted by atomic mass is 10.2. The summed E-state index contributed by atoms with van der Waals surface area (Å²) < 4.78 is 15.9. The summed E-state index contributed by atoms with van der Waals surface area (Å²) in [7, 11) is 4.89. The third-order valence-electron chi connectivity index (χ3n) is 3.13. The fourth-order valence-corrected chi connectivity index (χ4v) is 2.18. The molecule has 0 amide bonds. The summed E-state index contributed by atoms with van der Waals surface area (Å²) in [5.74, 6) is 2.27. The number of benzene rings is 2. The fourth-order valence-electron chi connectivity index (χ4n) is 2.01. The van der Waals surface area contributed by atoms with Crippen molar-refractivity contribution in [2.45, 2.75) is 6.54 Å². The van der Waals surface area contributed by atoms with E-state index in [1.165, 1.54) is 0 Å². The molecule has 2 aromatic carbocycles. The molecule has 112 valence electrons. The molecule has 0 heterocycles. The second-order valence-corrected chi connectivity index (χ2v) is 4.81. The number of nitrogens with one attached hydrogen (secondary N) is 1. The average Bonchev–Trinajstić information content (AvgIpc) is 2.52. The van der Waals surface area contributed by atoms with Gasteiger partial charge in [-0.05, 0) is 30.3 Å². The minimum absolute atomic E-state index is 0.587. The highest BCUT2D eigenvalue weighted by atomic mass is 35.5. The monoisotopic (exact) mass is 307 g/mol. The Labute approximate surface area is 129 Å². The van der Waals surface area contributed by atoms with Gasteiger partial charge in [0.1, 0.15) is 17.2 Å². The Morgan fingerprint density at radius 3 is 2.33 bits per heavy atom. The molecule has 0 atom stereocenters. The van der Waals surface area contributed by atoms with Crippen molar-refractivity contribution in [2.75, 3.05) is 26.6 Å². The zero-order valence-corrected chi connectivity index (χ0v) is 13.0. The Morgan fingerprint density at radius 2 is 1.67 bits per heavy atom. The molecule has 2 rings (SSSR count). The van der Waals surface area contributed by atoms with Gasteiger partial charge in [0.05, 0.1) is 27.0 Å². The number of hydrogen-bond acceptors (Lipinski definition) is 4. The van der Waals surface area contributed by atoms with E-state index in [0.717, 1.165) is 28.5 Å². The molecule has 0 spiro atoms. The van der Waals surface area contributed by atoms with Crippen LogP contribution in [0.2, 0.25) is 5.02 Å². The molecule has 0 aliphatic rings. The van der Waals surface area contributed by atoms with Crippen LogP contribution >= 0.6 is 11.6 Å². The zero-order valence-electron chi connectivity index (χ0n) is 12.3. The molecular weight excluding hydrogens is 290 g/mol. The maximum atomic E-state index is 6.02. The summed E-state index contributed by atoms with van der Waals surface area (Å²) in [6.07, 6.45) is 0. The standard InChI is InChI=1S/C16H18ClNO3/c1-19-13-6-4-11(16(9-13)21-3)10-18-14-8-12(17)5-7-15(14)20-2/h4-9,18H,10H2,1-3H3. The van der Waals surface area contributed by atoms with Crippen molar-refractivity contribution < 1.29 is 14.2 Å². The first kappa shape index (κ1) is 15.3. The van der Waals surface area contributed by atoms with Gasteiger partial charge < -0.3 is 19.5 Å². The van der Waals surface area contributed by atoms with Crippen molar-refractivity contribution in [2.24, 2.45) is 0 Å². The van der Waals surface area contributed by atoms with E-state index in [-0.39, 0.29) is 0 Å². The summed E-state index contributed by atoms with van der Waals surface area (Å²) in [4.78, 5) is 0. The van der Waals surface area contributed by atoms with Crippen molar-refractivity contribution in [1.82, 2.24) is 0 Å². The van der Waals surface area contributed by atoms with Gasteiger partial charge in [0, 0.05) is 23.2 Å². The molecule has 0 bridgehead atoms. The number of rotatable bonds is 6. The van der Waals surface area contributed by atoms with Crippen molar-refractivity contribution in [3.05, 3.63) is 47.0 Å². The van der Waals surface area contributed by atoms with E-state index in [1.54, 1.807) is 27.4 Å². The highest BCUT2D eigenvalue weighted by Crippen LogP contribution is 2.30.